The van der Waals surface area contributed by atoms with E-state index in [4.69, 9.17) is 21.4 Å². The Hall–Kier alpha value is -2.70. The number of rotatable bonds is 4. The maximum atomic E-state index is 12.5. The molecule has 0 bridgehead atoms. The van der Waals surface area contributed by atoms with Crippen LogP contribution in [0.1, 0.15) is 27.2 Å². The first-order chi connectivity index (χ1) is 12.0. The summed E-state index contributed by atoms with van der Waals surface area (Å²) in [5.74, 6) is -0.450. The summed E-state index contributed by atoms with van der Waals surface area (Å²) in [6, 6.07) is 8.74. The minimum absolute atomic E-state index is 0.0832. The van der Waals surface area contributed by atoms with Crippen LogP contribution in [-0.2, 0) is 13.2 Å². The number of benzene rings is 1. The highest BCUT2D eigenvalue weighted by atomic mass is 35.5. The van der Waals surface area contributed by atoms with Crippen LogP contribution in [0.2, 0.25) is 5.02 Å². The van der Waals surface area contributed by atoms with Crippen LogP contribution < -0.4 is 10.9 Å². The van der Waals surface area contributed by atoms with E-state index < -0.39 is 5.91 Å². The van der Waals surface area contributed by atoms with Crippen molar-refractivity contribution in [2.24, 2.45) is 0 Å². The maximum absolute atomic E-state index is 12.5. The van der Waals surface area contributed by atoms with Gasteiger partial charge >= 0.3 is 0 Å². The molecule has 0 atom stereocenters. The number of nitrogens with zero attached hydrogens (tertiary/aromatic N) is 1. The Morgan fingerprint density at radius 3 is 2.84 bits per heavy atom. The number of fused-ring (bicyclic) bond motifs is 1. The molecular formula is C18H16ClN3O3. The van der Waals surface area contributed by atoms with Crippen molar-refractivity contribution in [3.63, 3.8) is 0 Å². The zero-order valence-corrected chi connectivity index (χ0v) is 14.2. The Balaban J connectivity index is 1.95. The predicted molar refractivity (Wildman–Crippen MR) is 93.1 cm³/mol. The summed E-state index contributed by atoms with van der Waals surface area (Å²) < 4.78 is 5.47. The fraction of sp³-hybridized carbons (Fsp3) is 0.167. The average Bonchev–Trinajstić information content (AvgIpc) is 2.61. The van der Waals surface area contributed by atoms with E-state index in [1.807, 2.05) is 18.2 Å². The van der Waals surface area contributed by atoms with Crippen molar-refractivity contribution < 1.29 is 14.3 Å². The highest BCUT2D eigenvalue weighted by Crippen LogP contribution is 2.20. The maximum Gasteiger partial charge on any atom is 0.257 e. The number of nitrogens with one attached hydrogen (secondary N) is 2. The van der Waals surface area contributed by atoms with Gasteiger partial charge in [-0.1, -0.05) is 29.8 Å². The van der Waals surface area contributed by atoms with Gasteiger partial charge in [0.25, 0.3) is 5.91 Å². The van der Waals surface area contributed by atoms with Gasteiger partial charge in [0.2, 0.25) is 5.55 Å². The summed E-state index contributed by atoms with van der Waals surface area (Å²) in [4.78, 5) is 16.6. The van der Waals surface area contributed by atoms with Crippen LogP contribution in [0.25, 0.3) is 11.0 Å². The highest BCUT2D eigenvalue weighted by molar-refractivity contribution is 6.31. The standard InChI is InChI=1S/C18H16ClN3O3/c1-10-16-13(12(9-23)8-21-10)6-14(17(20)25-16)18(24)22-7-11-4-2-3-5-15(11)19/h2-6,8,20,23H,7,9H2,1H3,(H,22,24). The second-order valence-corrected chi connectivity index (χ2v) is 5.94. The lowest BCUT2D eigenvalue weighted by molar-refractivity contribution is 0.0946. The van der Waals surface area contributed by atoms with Gasteiger partial charge in [0.05, 0.1) is 12.3 Å². The molecule has 1 aromatic carbocycles. The Morgan fingerprint density at radius 1 is 1.36 bits per heavy atom. The summed E-state index contributed by atoms with van der Waals surface area (Å²) in [6.07, 6.45) is 1.53. The number of aryl methyl sites for hydroxylation is 1. The van der Waals surface area contributed by atoms with Crippen molar-refractivity contribution in [1.82, 2.24) is 10.3 Å². The second-order valence-electron chi connectivity index (χ2n) is 5.53. The first-order valence-corrected chi connectivity index (χ1v) is 7.98. The molecule has 0 saturated heterocycles. The number of carbonyl (C=O) groups is 1. The lowest BCUT2D eigenvalue weighted by atomic mass is 10.1. The number of aliphatic hydroxyl groups is 1. The summed E-state index contributed by atoms with van der Waals surface area (Å²) >= 11 is 6.08. The number of halogens is 1. The fourth-order valence-corrected chi connectivity index (χ4v) is 2.71. The first-order valence-electron chi connectivity index (χ1n) is 7.60. The van der Waals surface area contributed by atoms with Crippen molar-refractivity contribution in [2.75, 3.05) is 0 Å². The van der Waals surface area contributed by atoms with Crippen molar-refractivity contribution in [1.29, 1.82) is 5.41 Å². The Labute approximate surface area is 148 Å². The van der Waals surface area contributed by atoms with Gasteiger partial charge in [0, 0.05) is 28.7 Å². The largest absolute Gasteiger partial charge is 0.436 e. The van der Waals surface area contributed by atoms with Crippen molar-refractivity contribution in [3.05, 3.63) is 69.5 Å². The third-order valence-corrected chi connectivity index (χ3v) is 4.25. The molecule has 0 radical (unpaired) electrons. The zero-order valence-electron chi connectivity index (χ0n) is 13.5. The molecule has 0 unspecified atom stereocenters. The highest BCUT2D eigenvalue weighted by Gasteiger charge is 2.15. The molecule has 25 heavy (non-hydrogen) atoms. The first kappa shape index (κ1) is 17.1. The molecule has 0 aliphatic carbocycles. The molecule has 1 amide bonds. The van der Waals surface area contributed by atoms with E-state index in [0.29, 0.717) is 27.2 Å². The van der Waals surface area contributed by atoms with E-state index in [1.165, 1.54) is 6.20 Å². The number of aromatic nitrogens is 1. The molecule has 7 heteroatoms. The number of aliphatic hydroxyl groups excluding tert-OH is 1. The number of hydrogen-bond acceptors (Lipinski definition) is 5. The second kappa shape index (κ2) is 7.04. The van der Waals surface area contributed by atoms with Gasteiger partial charge < -0.3 is 14.8 Å². The minimum atomic E-state index is -0.450. The Morgan fingerprint density at radius 2 is 2.12 bits per heavy atom. The quantitative estimate of drug-likeness (QED) is 0.668. The van der Waals surface area contributed by atoms with Gasteiger partial charge in [0.15, 0.2) is 5.58 Å². The topological polar surface area (TPSA) is 99.2 Å². The molecule has 128 valence electrons. The normalized spacial score (nSPS) is 10.8. The van der Waals surface area contributed by atoms with Gasteiger partial charge in [-0.3, -0.25) is 15.2 Å². The SMILES string of the molecule is Cc1ncc(CO)c2cc(C(=O)NCc3ccccc3Cl)c(=N)oc12. The van der Waals surface area contributed by atoms with Crippen molar-refractivity contribution >= 4 is 28.5 Å². The monoisotopic (exact) mass is 357 g/mol. The molecule has 6 nitrogen and oxygen atoms in total. The predicted octanol–water partition coefficient (Wildman–Crippen LogP) is 2.69. The van der Waals surface area contributed by atoms with Crippen LogP contribution in [0.4, 0.5) is 0 Å². The molecule has 0 aliphatic heterocycles. The number of hydrogen-bond donors (Lipinski definition) is 3. The van der Waals surface area contributed by atoms with Crippen LogP contribution >= 0.6 is 11.6 Å². The minimum Gasteiger partial charge on any atom is -0.436 e. The fourth-order valence-electron chi connectivity index (χ4n) is 2.50. The van der Waals surface area contributed by atoms with Crippen molar-refractivity contribution in [2.45, 2.75) is 20.1 Å². The third kappa shape index (κ3) is 3.40. The smallest absolute Gasteiger partial charge is 0.257 e. The van der Waals surface area contributed by atoms with Gasteiger partial charge in [-0.15, -0.1) is 0 Å². The zero-order chi connectivity index (χ0) is 18.0. The summed E-state index contributed by atoms with van der Waals surface area (Å²) in [7, 11) is 0. The molecule has 2 heterocycles. The van der Waals surface area contributed by atoms with Crippen LogP contribution in [0, 0.1) is 12.3 Å². The lowest BCUT2D eigenvalue weighted by Crippen LogP contribution is -2.28. The number of amides is 1. The van der Waals surface area contributed by atoms with Gasteiger partial charge in [0.1, 0.15) is 5.56 Å². The van der Waals surface area contributed by atoms with E-state index >= 15 is 0 Å². The molecular weight excluding hydrogens is 342 g/mol. The lowest BCUT2D eigenvalue weighted by Gasteiger charge is -2.09. The molecule has 2 aromatic heterocycles. The molecule has 0 aliphatic rings. The van der Waals surface area contributed by atoms with E-state index in [1.54, 1.807) is 19.1 Å². The van der Waals surface area contributed by atoms with Gasteiger partial charge in [-0.05, 0) is 24.6 Å². The van der Waals surface area contributed by atoms with Gasteiger partial charge in [-0.2, -0.15) is 0 Å². The Kier molecular flexibility index (Phi) is 4.83. The van der Waals surface area contributed by atoms with E-state index in [9.17, 15) is 9.90 Å². The third-order valence-electron chi connectivity index (χ3n) is 3.88. The molecule has 3 N–H and O–H groups in total. The Bertz CT molecular complexity index is 1010. The van der Waals surface area contributed by atoms with E-state index in [2.05, 4.69) is 10.3 Å². The number of pyridine rings is 1. The summed E-state index contributed by atoms with van der Waals surface area (Å²) in [5, 5.41) is 21.3. The van der Waals surface area contributed by atoms with Crippen molar-refractivity contribution in [3.8, 4) is 0 Å². The van der Waals surface area contributed by atoms with Gasteiger partial charge in [-0.25, -0.2) is 0 Å². The molecule has 0 fully saturated rings. The molecule has 3 rings (SSSR count). The average molecular weight is 358 g/mol. The van der Waals surface area contributed by atoms with E-state index in [-0.39, 0.29) is 24.3 Å². The molecule has 0 saturated carbocycles. The summed E-state index contributed by atoms with van der Waals surface area (Å²) in [6.45, 7) is 1.74. The molecule has 0 spiro atoms. The van der Waals surface area contributed by atoms with Crippen LogP contribution in [0.3, 0.4) is 0 Å². The number of carbonyl (C=O) groups excluding carboxylic acids is 1. The van der Waals surface area contributed by atoms with E-state index in [0.717, 1.165) is 5.56 Å². The van der Waals surface area contributed by atoms with Crippen LogP contribution in [0.15, 0.2) is 40.9 Å². The van der Waals surface area contributed by atoms with Crippen LogP contribution in [0.5, 0.6) is 0 Å². The summed E-state index contributed by atoms with van der Waals surface area (Å²) in [5.41, 5.74) is 2.11. The molecule has 3 aromatic rings. The van der Waals surface area contributed by atoms with Crippen LogP contribution in [-0.4, -0.2) is 16.0 Å².